The summed E-state index contributed by atoms with van der Waals surface area (Å²) in [7, 11) is 1.32. The Balaban J connectivity index is 1.77. The third kappa shape index (κ3) is 4.88. The van der Waals surface area contributed by atoms with Crippen LogP contribution in [0.15, 0.2) is 48.5 Å². The molecule has 0 bridgehead atoms. The van der Waals surface area contributed by atoms with Gasteiger partial charge in [0.25, 0.3) is 5.91 Å². The normalized spacial score (nSPS) is 11.4. The molecule has 0 aliphatic rings. The molecular formula is C19H15ClF4N4O2. The van der Waals surface area contributed by atoms with Crippen LogP contribution in [0, 0.1) is 5.82 Å². The van der Waals surface area contributed by atoms with Crippen molar-refractivity contribution in [2.45, 2.75) is 6.18 Å². The van der Waals surface area contributed by atoms with Crippen molar-refractivity contribution in [3.05, 3.63) is 70.8 Å². The molecule has 1 aromatic heterocycles. The fourth-order valence-corrected chi connectivity index (χ4v) is 2.68. The first-order chi connectivity index (χ1) is 14.2. The molecule has 0 fully saturated rings. The molecule has 30 heavy (non-hydrogen) atoms. The highest BCUT2D eigenvalue weighted by atomic mass is 35.5. The van der Waals surface area contributed by atoms with Gasteiger partial charge in [0.2, 0.25) is 0 Å². The monoisotopic (exact) mass is 442 g/mol. The summed E-state index contributed by atoms with van der Waals surface area (Å²) in [6.07, 6.45) is -4.91. The van der Waals surface area contributed by atoms with Crippen LogP contribution in [0.2, 0.25) is 5.02 Å². The fraction of sp³-hybridized carbons (Fsp3) is 0.211. The number of benzene rings is 2. The van der Waals surface area contributed by atoms with E-state index in [1.807, 2.05) is 0 Å². The molecule has 0 saturated heterocycles. The van der Waals surface area contributed by atoms with E-state index in [1.54, 1.807) is 24.3 Å². The number of likely N-dealkylation sites (N-methyl/N-ethyl adjacent to an activating group) is 1. The summed E-state index contributed by atoms with van der Waals surface area (Å²) in [5.41, 5.74) is -2.28. The molecule has 0 radical (unpaired) electrons. The SMILES string of the molecule is CN(CCOc1ccc(Cl)cc1)C(=O)c1nnn(-c2ccc(F)cc2)c1C(F)(F)F. The predicted molar refractivity (Wildman–Crippen MR) is 100 cm³/mol. The van der Waals surface area contributed by atoms with Crippen molar-refractivity contribution in [2.24, 2.45) is 0 Å². The highest BCUT2D eigenvalue weighted by Gasteiger charge is 2.42. The van der Waals surface area contributed by atoms with Crippen molar-refractivity contribution >= 4 is 17.5 Å². The summed E-state index contributed by atoms with van der Waals surface area (Å²) >= 11 is 5.78. The van der Waals surface area contributed by atoms with Crippen molar-refractivity contribution in [1.82, 2.24) is 19.9 Å². The van der Waals surface area contributed by atoms with E-state index >= 15 is 0 Å². The summed E-state index contributed by atoms with van der Waals surface area (Å²) < 4.78 is 60.0. The maximum Gasteiger partial charge on any atom is 0.435 e. The van der Waals surface area contributed by atoms with Gasteiger partial charge in [-0.15, -0.1) is 5.10 Å². The molecule has 2 aromatic carbocycles. The lowest BCUT2D eigenvalue weighted by Crippen LogP contribution is -2.33. The molecule has 1 heterocycles. The lowest BCUT2D eigenvalue weighted by Gasteiger charge is -2.18. The predicted octanol–water partition coefficient (Wildman–Crippen LogP) is 4.23. The second-order valence-electron chi connectivity index (χ2n) is 6.20. The van der Waals surface area contributed by atoms with Crippen molar-refractivity contribution in [2.75, 3.05) is 20.2 Å². The summed E-state index contributed by atoms with van der Waals surface area (Å²) in [4.78, 5) is 13.6. The van der Waals surface area contributed by atoms with Gasteiger partial charge in [0.1, 0.15) is 18.2 Å². The zero-order valence-electron chi connectivity index (χ0n) is 15.5. The molecule has 3 rings (SSSR count). The number of nitrogens with zero attached hydrogens (tertiary/aromatic N) is 4. The molecule has 0 atom stereocenters. The summed E-state index contributed by atoms with van der Waals surface area (Å²) in [5, 5.41) is 7.41. The van der Waals surface area contributed by atoms with Crippen LogP contribution >= 0.6 is 11.6 Å². The maximum absolute atomic E-state index is 13.7. The van der Waals surface area contributed by atoms with E-state index in [4.69, 9.17) is 16.3 Å². The molecule has 158 valence electrons. The number of carbonyl (C=O) groups is 1. The molecule has 1 amide bonds. The number of aromatic nitrogens is 3. The number of ether oxygens (including phenoxy) is 1. The minimum absolute atomic E-state index is 0.00215. The first kappa shape index (κ1) is 21.6. The van der Waals surface area contributed by atoms with Crippen molar-refractivity contribution in [3.63, 3.8) is 0 Å². The first-order valence-electron chi connectivity index (χ1n) is 8.59. The molecule has 6 nitrogen and oxygen atoms in total. The van der Waals surface area contributed by atoms with Gasteiger partial charge in [-0.2, -0.15) is 13.2 Å². The van der Waals surface area contributed by atoms with E-state index in [0.717, 1.165) is 29.2 Å². The molecule has 11 heteroatoms. The molecule has 0 spiro atoms. The van der Waals surface area contributed by atoms with Crippen molar-refractivity contribution in [1.29, 1.82) is 0 Å². The van der Waals surface area contributed by atoms with Gasteiger partial charge >= 0.3 is 6.18 Å². The molecule has 0 N–H and O–H groups in total. The van der Waals surface area contributed by atoms with Gasteiger partial charge in [0.15, 0.2) is 11.4 Å². The smallest absolute Gasteiger partial charge is 0.435 e. The number of hydrogen-bond acceptors (Lipinski definition) is 4. The van der Waals surface area contributed by atoms with Gasteiger partial charge in [-0.1, -0.05) is 16.8 Å². The van der Waals surface area contributed by atoms with Crippen LogP contribution in [-0.4, -0.2) is 46.0 Å². The third-order valence-electron chi connectivity index (χ3n) is 4.07. The van der Waals surface area contributed by atoms with Crippen LogP contribution in [0.5, 0.6) is 5.75 Å². The Kier molecular flexibility index (Phi) is 6.25. The average Bonchev–Trinajstić information content (AvgIpc) is 3.15. The van der Waals surface area contributed by atoms with E-state index in [0.29, 0.717) is 15.5 Å². The van der Waals surface area contributed by atoms with Gasteiger partial charge in [0.05, 0.1) is 12.2 Å². The third-order valence-corrected chi connectivity index (χ3v) is 4.32. The fourth-order valence-electron chi connectivity index (χ4n) is 2.56. The lowest BCUT2D eigenvalue weighted by atomic mass is 10.2. The topological polar surface area (TPSA) is 60.2 Å². The number of carbonyl (C=O) groups excluding carboxylic acids is 1. The summed E-state index contributed by atoms with van der Waals surface area (Å²) in [6, 6.07) is 10.7. The Morgan fingerprint density at radius 1 is 1.13 bits per heavy atom. The number of alkyl halides is 3. The lowest BCUT2D eigenvalue weighted by molar-refractivity contribution is -0.143. The average molecular weight is 443 g/mol. The highest BCUT2D eigenvalue weighted by Crippen LogP contribution is 2.33. The van der Waals surface area contributed by atoms with Crippen LogP contribution < -0.4 is 4.74 Å². The first-order valence-corrected chi connectivity index (χ1v) is 8.97. The van der Waals surface area contributed by atoms with Crippen LogP contribution in [0.25, 0.3) is 5.69 Å². The van der Waals surface area contributed by atoms with Crippen molar-refractivity contribution in [3.8, 4) is 11.4 Å². The second kappa shape index (κ2) is 8.70. The number of hydrogen-bond donors (Lipinski definition) is 0. The summed E-state index contributed by atoms with van der Waals surface area (Å²) in [6.45, 7) is 0.0412. The van der Waals surface area contributed by atoms with Crippen LogP contribution in [0.4, 0.5) is 17.6 Å². The van der Waals surface area contributed by atoms with Gasteiger partial charge < -0.3 is 9.64 Å². The molecular weight excluding hydrogens is 428 g/mol. The Hall–Kier alpha value is -3.14. The minimum Gasteiger partial charge on any atom is -0.492 e. The van der Waals surface area contributed by atoms with Crippen LogP contribution in [0.3, 0.4) is 0 Å². The van der Waals surface area contributed by atoms with E-state index in [1.165, 1.54) is 7.05 Å². The standard InChI is InChI=1S/C19H15ClF4N4O2/c1-27(10-11-30-15-8-2-12(20)3-9-15)18(29)16-17(19(22,23)24)28(26-25-16)14-6-4-13(21)5-7-14/h2-9H,10-11H2,1H3. The Morgan fingerprint density at radius 3 is 2.37 bits per heavy atom. The summed E-state index contributed by atoms with van der Waals surface area (Å²) in [5.74, 6) is -1.10. The largest absolute Gasteiger partial charge is 0.492 e. The van der Waals surface area contributed by atoms with Crippen molar-refractivity contribution < 1.29 is 27.1 Å². The van der Waals surface area contributed by atoms with Crippen LogP contribution in [0.1, 0.15) is 16.2 Å². The number of rotatable bonds is 6. The molecule has 3 aromatic rings. The van der Waals surface area contributed by atoms with Crippen LogP contribution in [-0.2, 0) is 6.18 Å². The maximum atomic E-state index is 13.7. The van der Waals surface area contributed by atoms with Gasteiger partial charge in [0, 0.05) is 12.1 Å². The Morgan fingerprint density at radius 2 is 1.77 bits per heavy atom. The van der Waals surface area contributed by atoms with Gasteiger partial charge in [-0.3, -0.25) is 4.79 Å². The molecule has 0 aliphatic heterocycles. The second-order valence-corrected chi connectivity index (χ2v) is 6.64. The highest BCUT2D eigenvalue weighted by molar-refractivity contribution is 6.30. The Bertz CT molecular complexity index is 1020. The quantitative estimate of drug-likeness (QED) is 0.536. The Labute approximate surface area is 173 Å². The number of halogens is 5. The molecule has 0 aliphatic carbocycles. The van der Waals surface area contributed by atoms with Gasteiger partial charge in [-0.05, 0) is 48.5 Å². The van der Waals surface area contributed by atoms with Gasteiger partial charge in [-0.25, -0.2) is 9.07 Å². The van der Waals surface area contributed by atoms with E-state index in [-0.39, 0.29) is 18.8 Å². The molecule has 0 unspecified atom stereocenters. The van der Waals surface area contributed by atoms with E-state index in [9.17, 15) is 22.4 Å². The minimum atomic E-state index is -4.91. The van der Waals surface area contributed by atoms with E-state index < -0.39 is 29.3 Å². The van der Waals surface area contributed by atoms with E-state index in [2.05, 4.69) is 10.3 Å². The zero-order chi connectivity index (χ0) is 21.9. The zero-order valence-corrected chi connectivity index (χ0v) is 16.3. The number of amides is 1. The molecule has 0 saturated carbocycles.